The number of benzene rings is 1. The van der Waals surface area contributed by atoms with Crippen molar-refractivity contribution in [3.8, 4) is 11.6 Å². The van der Waals surface area contributed by atoms with E-state index in [1.165, 1.54) is 0 Å². The number of carbonyl (C=O) groups is 1. The molecule has 0 unspecified atom stereocenters. The van der Waals surface area contributed by atoms with Crippen LogP contribution in [0.2, 0.25) is 0 Å². The Labute approximate surface area is 173 Å². The third kappa shape index (κ3) is 6.41. The van der Waals surface area contributed by atoms with E-state index in [4.69, 9.17) is 9.47 Å². The summed E-state index contributed by atoms with van der Waals surface area (Å²) in [5.41, 5.74) is 1.84. The second kappa shape index (κ2) is 12.6. The maximum atomic E-state index is 12.4. The van der Waals surface area contributed by atoms with E-state index in [1.54, 1.807) is 18.5 Å². The van der Waals surface area contributed by atoms with E-state index in [-0.39, 0.29) is 24.8 Å². The van der Waals surface area contributed by atoms with E-state index < -0.39 is 5.97 Å². The van der Waals surface area contributed by atoms with Crippen LogP contribution in [0, 0.1) is 6.92 Å². The summed E-state index contributed by atoms with van der Waals surface area (Å²) in [7, 11) is 0. The van der Waals surface area contributed by atoms with Gasteiger partial charge in [0.25, 0.3) is 0 Å². The molecule has 0 bridgehead atoms. The van der Waals surface area contributed by atoms with E-state index in [0.717, 1.165) is 25.3 Å². The summed E-state index contributed by atoms with van der Waals surface area (Å²) >= 11 is 0. The number of rotatable bonds is 9. The number of halogens is 2. The minimum absolute atomic E-state index is 0. The number of hydrogen-bond donors (Lipinski definition) is 0. The predicted octanol–water partition coefficient (Wildman–Crippen LogP) is 3.92. The van der Waals surface area contributed by atoms with E-state index in [0.29, 0.717) is 30.4 Å². The van der Waals surface area contributed by atoms with Crippen LogP contribution in [0.4, 0.5) is 0 Å². The summed E-state index contributed by atoms with van der Waals surface area (Å²) in [6, 6.07) is 9.65. The first-order chi connectivity index (χ1) is 12.1. The molecule has 0 atom stereocenters. The van der Waals surface area contributed by atoms with Gasteiger partial charge in [-0.25, -0.2) is 9.48 Å². The Balaban J connectivity index is 0.00000338. The summed E-state index contributed by atoms with van der Waals surface area (Å²) < 4.78 is 12.9. The Morgan fingerprint density at radius 1 is 1.11 bits per heavy atom. The maximum absolute atomic E-state index is 12.4. The molecular weight excluding hydrogens is 389 g/mol. The van der Waals surface area contributed by atoms with Gasteiger partial charge in [-0.2, -0.15) is 5.10 Å². The number of ether oxygens (including phenoxy) is 2. The number of nitrogens with zero attached hydrogens (tertiary/aromatic N) is 3. The van der Waals surface area contributed by atoms with Gasteiger partial charge < -0.3 is 14.4 Å². The lowest BCUT2D eigenvalue weighted by atomic mass is 10.2. The topological polar surface area (TPSA) is 56.6 Å². The molecule has 0 amide bonds. The van der Waals surface area contributed by atoms with Gasteiger partial charge in [0.15, 0.2) is 0 Å². The molecule has 0 N–H and O–H groups in total. The van der Waals surface area contributed by atoms with Crippen LogP contribution >= 0.6 is 24.8 Å². The maximum Gasteiger partial charge on any atom is 0.345 e. The highest BCUT2D eigenvalue weighted by atomic mass is 35.5. The van der Waals surface area contributed by atoms with Gasteiger partial charge in [-0.3, -0.25) is 0 Å². The fraction of sp³-hybridized carbons (Fsp3) is 0.474. The normalized spacial score (nSPS) is 10.1. The summed E-state index contributed by atoms with van der Waals surface area (Å²) in [5.74, 6) is 0.0364. The van der Waals surface area contributed by atoms with Crippen molar-refractivity contribution in [3.63, 3.8) is 0 Å². The zero-order chi connectivity index (χ0) is 18.2. The highest BCUT2D eigenvalue weighted by molar-refractivity contribution is 5.93. The third-order valence-corrected chi connectivity index (χ3v) is 4.04. The molecule has 1 aromatic carbocycles. The molecule has 0 fully saturated rings. The van der Waals surface area contributed by atoms with Crippen molar-refractivity contribution in [2.45, 2.75) is 27.7 Å². The predicted molar refractivity (Wildman–Crippen MR) is 112 cm³/mol. The Bertz CT molecular complexity index is 689. The van der Waals surface area contributed by atoms with Crippen molar-refractivity contribution in [1.82, 2.24) is 14.7 Å². The summed E-state index contributed by atoms with van der Waals surface area (Å²) in [4.78, 5) is 14.6. The Morgan fingerprint density at radius 2 is 1.74 bits per heavy atom. The smallest absolute Gasteiger partial charge is 0.345 e. The molecular formula is C19H29Cl2N3O3. The van der Waals surface area contributed by atoms with E-state index in [1.807, 2.05) is 30.3 Å². The van der Waals surface area contributed by atoms with Crippen LogP contribution in [0.25, 0.3) is 5.69 Å². The lowest BCUT2D eigenvalue weighted by molar-refractivity contribution is 0.0520. The van der Waals surface area contributed by atoms with Crippen LogP contribution in [-0.4, -0.2) is 53.5 Å². The lowest BCUT2D eigenvalue weighted by Crippen LogP contribution is -2.28. The second-order valence-corrected chi connectivity index (χ2v) is 5.61. The fourth-order valence-electron chi connectivity index (χ4n) is 2.63. The Kier molecular flexibility index (Phi) is 11.8. The molecule has 0 radical (unpaired) electrons. The first kappa shape index (κ1) is 25.2. The molecule has 0 aliphatic rings. The zero-order valence-electron chi connectivity index (χ0n) is 16.3. The van der Waals surface area contributed by atoms with Crippen LogP contribution in [0.5, 0.6) is 5.88 Å². The minimum Gasteiger partial charge on any atom is -0.476 e. The monoisotopic (exact) mass is 417 g/mol. The number of hydrogen-bond acceptors (Lipinski definition) is 5. The van der Waals surface area contributed by atoms with Crippen LogP contribution < -0.4 is 4.74 Å². The summed E-state index contributed by atoms with van der Waals surface area (Å²) in [5, 5.41) is 4.50. The van der Waals surface area contributed by atoms with Crippen molar-refractivity contribution in [2.75, 3.05) is 32.8 Å². The van der Waals surface area contributed by atoms with Gasteiger partial charge in [-0.05, 0) is 39.1 Å². The minimum atomic E-state index is -0.403. The number of likely N-dealkylation sites (N-methyl/N-ethyl adjacent to an activating group) is 1. The van der Waals surface area contributed by atoms with Crippen molar-refractivity contribution in [3.05, 3.63) is 41.6 Å². The van der Waals surface area contributed by atoms with Crippen LogP contribution in [-0.2, 0) is 4.74 Å². The van der Waals surface area contributed by atoms with Gasteiger partial charge in [0, 0.05) is 6.54 Å². The molecule has 1 heterocycles. The highest BCUT2D eigenvalue weighted by Crippen LogP contribution is 2.27. The largest absolute Gasteiger partial charge is 0.476 e. The van der Waals surface area contributed by atoms with Gasteiger partial charge in [0.2, 0.25) is 5.88 Å². The average molecular weight is 418 g/mol. The van der Waals surface area contributed by atoms with E-state index >= 15 is 0 Å². The third-order valence-electron chi connectivity index (χ3n) is 4.04. The van der Waals surface area contributed by atoms with Gasteiger partial charge in [0.1, 0.15) is 12.2 Å². The first-order valence-corrected chi connectivity index (χ1v) is 8.79. The molecule has 27 heavy (non-hydrogen) atoms. The number of esters is 1. The molecule has 152 valence electrons. The van der Waals surface area contributed by atoms with Crippen molar-refractivity contribution in [2.24, 2.45) is 0 Å². The summed E-state index contributed by atoms with van der Waals surface area (Å²) in [6.07, 6.45) is 0. The van der Waals surface area contributed by atoms with Crippen LogP contribution in [0.15, 0.2) is 30.3 Å². The standard InChI is InChI=1S/C19H27N3O3.2ClH/c1-5-21(6-2)13-14-25-18-17(19(23)24-7-3)15(4)20-22(18)16-11-9-8-10-12-16;;/h8-12H,5-7,13-14H2,1-4H3;2*1H. The molecule has 0 saturated heterocycles. The van der Waals surface area contributed by atoms with E-state index in [9.17, 15) is 4.79 Å². The molecule has 2 rings (SSSR count). The molecule has 0 saturated carbocycles. The van der Waals surface area contributed by atoms with Crippen molar-refractivity contribution in [1.29, 1.82) is 0 Å². The van der Waals surface area contributed by atoms with Gasteiger partial charge in [-0.15, -0.1) is 24.8 Å². The number of carbonyl (C=O) groups excluding carboxylic acids is 1. The molecule has 1 aromatic heterocycles. The Hall–Kier alpha value is -1.76. The quantitative estimate of drug-likeness (QED) is 0.578. The van der Waals surface area contributed by atoms with Crippen LogP contribution in [0.3, 0.4) is 0 Å². The second-order valence-electron chi connectivity index (χ2n) is 5.61. The molecule has 8 heteroatoms. The zero-order valence-corrected chi connectivity index (χ0v) is 17.9. The number of aromatic nitrogens is 2. The van der Waals surface area contributed by atoms with Gasteiger partial charge in [0.05, 0.1) is 18.0 Å². The first-order valence-electron chi connectivity index (χ1n) is 8.79. The van der Waals surface area contributed by atoms with Crippen molar-refractivity contribution < 1.29 is 14.3 Å². The molecule has 0 aliphatic heterocycles. The van der Waals surface area contributed by atoms with Crippen molar-refractivity contribution >= 4 is 30.8 Å². The Morgan fingerprint density at radius 3 is 2.30 bits per heavy atom. The number of aryl methyl sites for hydroxylation is 1. The number of para-hydroxylation sites is 1. The molecule has 6 nitrogen and oxygen atoms in total. The molecule has 0 aliphatic carbocycles. The van der Waals surface area contributed by atoms with E-state index in [2.05, 4.69) is 23.8 Å². The molecule has 2 aromatic rings. The van der Waals surface area contributed by atoms with Gasteiger partial charge >= 0.3 is 5.97 Å². The fourth-order valence-corrected chi connectivity index (χ4v) is 2.63. The lowest BCUT2D eigenvalue weighted by Gasteiger charge is -2.18. The summed E-state index contributed by atoms with van der Waals surface area (Å²) in [6.45, 7) is 11.3. The van der Waals surface area contributed by atoms with Gasteiger partial charge in [-0.1, -0.05) is 32.0 Å². The average Bonchev–Trinajstić information content (AvgIpc) is 2.96. The SMILES string of the molecule is CCOC(=O)c1c(C)nn(-c2ccccc2)c1OCCN(CC)CC.Cl.Cl. The highest BCUT2D eigenvalue weighted by Gasteiger charge is 2.25. The molecule has 0 spiro atoms. The van der Waals surface area contributed by atoms with Crippen LogP contribution in [0.1, 0.15) is 36.8 Å².